The number of carbonyl (C=O) groups is 2. The molecule has 1 aromatic heterocycles. The number of amides is 2. The molecule has 0 spiro atoms. The van der Waals surface area contributed by atoms with Crippen LogP contribution in [0.1, 0.15) is 30.4 Å². The number of carbonyl (C=O) groups excluding carboxylic acids is 2. The molecule has 2 amide bonds. The van der Waals surface area contributed by atoms with Crippen molar-refractivity contribution in [1.29, 1.82) is 0 Å². The fourth-order valence-electron chi connectivity index (χ4n) is 3.42. The van der Waals surface area contributed by atoms with E-state index in [9.17, 15) is 18.0 Å². The van der Waals surface area contributed by atoms with Gasteiger partial charge in [0.1, 0.15) is 6.04 Å². The Morgan fingerprint density at radius 3 is 2.53 bits per heavy atom. The monoisotopic (exact) mass is 430 g/mol. The van der Waals surface area contributed by atoms with E-state index in [2.05, 4.69) is 15.6 Å². The van der Waals surface area contributed by atoms with Crippen molar-refractivity contribution in [3.63, 3.8) is 0 Å². The van der Waals surface area contributed by atoms with Crippen LogP contribution in [0.4, 0.5) is 0 Å². The smallest absolute Gasteiger partial charge is 0.239 e. The van der Waals surface area contributed by atoms with E-state index in [0.717, 1.165) is 12.0 Å². The number of benzene rings is 1. The van der Waals surface area contributed by atoms with Gasteiger partial charge >= 0.3 is 0 Å². The minimum Gasteiger partial charge on any atom is -0.350 e. The van der Waals surface area contributed by atoms with Gasteiger partial charge in [-0.1, -0.05) is 42.8 Å². The first-order chi connectivity index (χ1) is 14.5. The van der Waals surface area contributed by atoms with Crippen molar-refractivity contribution in [3.05, 3.63) is 66.0 Å². The highest BCUT2D eigenvalue weighted by Crippen LogP contribution is 2.23. The molecule has 1 saturated heterocycles. The third kappa shape index (κ3) is 6.11. The molecular formula is C21H26N4O4S. The Morgan fingerprint density at radius 2 is 1.80 bits per heavy atom. The molecule has 2 heterocycles. The number of hydrogen-bond donors (Lipinski definition) is 2. The Hall–Kier alpha value is -2.78. The highest BCUT2D eigenvalue weighted by molar-refractivity contribution is 7.88. The maximum Gasteiger partial charge on any atom is 0.239 e. The topological polar surface area (TPSA) is 108 Å². The van der Waals surface area contributed by atoms with Crippen LogP contribution in [0.2, 0.25) is 0 Å². The first kappa shape index (κ1) is 21.9. The minimum atomic E-state index is -3.65. The molecule has 1 atom stereocenters. The minimum absolute atomic E-state index is 0.150. The van der Waals surface area contributed by atoms with E-state index >= 15 is 0 Å². The molecule has 0 bridgehead atoms. The molecule has 9 heteroatoms. The molecule has 2 N–H and O–H groups in total. The lowest BCUT2D eigenvalue weighted by molar-refractivity contribution is -0.129. The summed E-state index contributed by atoms with van der Waals surface area (Å²) in [6.45, 7) is 0.409. The number of nitrogens with one attached hydrogen (secondary N) is 2. The van der Waals surface area contributed by atoms with Gasteiger partial charge in [-0.05, 0) is 30.0 Å². The third-order valence-corrected chi connectivity index (χ3v) is 6.79. The summed E-state index contributed by atoms with van der Waals surface area (Å²) < 4.78 is 27.1. The van der Waals surface area contributed by atoms with Crippen molar-refractivity contribution in [1.82, 2.24) is 19.9 Å². The van der Waals surface area contributed by atoms with Gasteiger partial charge in [-0.25, -0.2) is 8.42 Å². The van der Waals surface area contributed by atoms with E-state index in [-0.39, 0.29) is 18.2 Å². The zero-order valence-corrected chi connectivity index (χ0v) is 17.5. The molecule has 3 rings (SSSR count). The lowest BCUT2D eigenvalue weighted by Crippen LogP contribution is -2.53. The Bertz CT molecular complexity index is 951. The first-order valence-corrected chi connectivity index (χ1v) is 11.5. The Labute approximate surface area is 176 Å². The summed E-state index contributed by atoms with van der Waals surface area (Å²) in [5, 5.41) is 5.29. The van der Waals surface area contributed by atoms with Gasteiger partial charge < -0.3 is 10.6 Å². The van der Waals surface area contributed by atoms with E-state index in [1.165, 1.54) is 4.31 Å². The number of hydrogen-bond acceptors (Lipinski definition) is 5. The summed E-state index contributed by atoms with van der Waals surface area (Å²) >= 11 is 0. The van der Waals surface area contributed by atoms with Crippen LogP contribution >= 0.6 is 0 Å². The first-order valence-electron chi connectivity index (χ1n) is 9.92. The summed E-state index contributed by atoms with van der Waals surface area (Å²) in [5.41, 5.74) is 1.53. The van der Waals surface area contributed by atoms with Crippen LogP contribution in [0.3, 0.4) is 0 Å². The average molecular weight is 431 g/mol. The molecule has 8 nitrogen and oxygen atoms in total. The van der Waals surface area contributed by atoms with Gasteiger partial charge in [-0.2, -0.15) is 4.31 Å². The zero-order chi connectivity index (χ0) is 21.4. The van der Waals surface area contributed by atoms with Crippen LogP contribution in [-0.2, 0) is 31.9 Å². The predicted molar refractivity (Wildman–Crippen MR) is 113 cm³/mol. The van der Waals surface area contributed by atoms with Gasteiger partial charge in [0.25, 0.3) is 0 Å². The second-order valence-corrected chi connectivity index (χ2v) is 9.14. The highest BCUT2D eigenvalue weighted by atomic mass is 32.2. The van der Waals surface area contributed by atoms with Crippen LogP contribution in [0.15, 0.2) is 54.9 Å². The molecule has 0 aliphatic carbocycles. The maximum absolute atomic E-state index is 12.9. The van der Waals surface area contributed by atoms with Gasteiger partial charge in [0.2, 0.25) is 21.8 Å². The van der Waals surface area contributed by atoms with E-state index in [1.807, 2.05) is 12.1 Å². The summed E-state index contributed by atoms with van der Waals surface area (Å²) in [6, 6.07) is 11.7. The Kier molecular flexibility index (Phi) is 7.53. The van der Waals surface area contributed by atoms with E-state index in [1.54, 1.807) is 42.7 Å². The lowest BCUT2D eigenvalue weighted by Gasteiger charge is -2.33. The molecule has 0 unspecified atom stereocenters. The lowest BCUT2D eigenvalue weighted by atomic mass is 10.0. The average Bonchev–Trinajstić information content (AvgIpc) is 2.77. The fraction of sp³-hybridized carbons (Fsp3) is 0.381. The quantitative estimate of drug-likeness (QED) is 0.654. The van der Waals surface area contributed by atoms with E-state index < -0.39 is 22.0 Å². The normalized spacial score (nSPS) is 17.3. The van der Waals surface area contributed by atoms with Gasteiger partial charge in [0, 0.05) is 25.5 Å². The van der Waals surface area contributed by atoms with Crippen molar-refractivity contribution in [2.45, 2.75) is 37.6 Å². The second kappa shape index (κ2) is 10.3. The van der Waals surface area contributed by atoms with Crippen LogP contribution in [0, 0.1) is 0 Å². The molecule has 1 aliphatic rings. The standard InChI is InChI=1S/C21H26N4O4S/c26-20(23-14-18-9-6-11-22-13-18)15-24-21(27)19-10-4-5-12-25(19)30(28,29)16-17-7-2-1-3-8-17/h1-3,6-9,11,13,19H,4-5,10,12,14-16H2,(H,23,26)(H,24,27)/t19-/m0/s1. The number of piperidine rings is 1. The molecule has 0 radical (unpaired) electrons. The van der Waals surface area contributed by atoms with Crippen LogP contribution in [0.25, 0.3) is 0 Å². The highest BCUT2D eigenvalue weighted by Gasteiger charge is 2.36. The fourth-order valence-corrected chi connectivity index (χ4v) is 5.19. The Balaban J connectivity index is 1.55. The number of aromatic nitrogens is 1. The summed E-state index contributed by atoms with van der Waals surface area (Å²) in [4.78, 5) is 28.7. The van der Waals surface area contributed by atoms with Crippen LogP contribution in [0.5, 0.6) is 0 Å². The Morgan fingerprint density at radius 1 is 1.03 bits per heavy atom. The molecular weight excluding hydrogens is 404 g/mol. The molecule has 0 saturated carbocycles. The zero-order valence-electron chi connectivity index (χ0n) is 16.7. The maximum atomic E-state index is 12.9. The van der Waals surface area contributed by atoms with Gasteiger partial charge in [0.05, 0.1) is 12.3 Å². The summed E-state index contributed by atoms with van der Waals surface area (Å²) in [6.07, 6.45) is 5.22. The van der Waals surface area contributed by atoms with Crippen molar-refractivity contribution in [3.8, 4) is 0 Å². The van der Waals surface area contributed by atoms with E-state index in [0.29, 0.717) is 31.5 Å². The summed E-state index contributed by atoms with van der Waals surface area (Å²) in [7, 11) is -3.65. The van der Waals surface area contributed by atoms with E-state index in [4.69, 9.17) is 0 Å². The molecule has 1 fully saturated rings. The van der Waals surface area contributed by atoms with Crippen molar-refractivity contribution < 1.29 is 18.0 Å². The number of pyridine rings is 1. The van der Waals surface area contributed by atoms with Crippen molar-refractivity contribution in [2.24, 2.45) is 0 Å². The number of rotatable bonds is 8. The number of nitrogens with zero attached hydrogens (tertiary/aromatic N) is 2. The largest absolute Gasteiger partial charge is 0.350 e. The van der Waals surface area contributed by atoms with Gasteiger partial charge in [-0.3, -0.25) is 14.6 Å². The SMILES string of the molecule is O=C(CNC(=O)[C@@H]1CCCCN1S(=O)(=O)Cc1ccccc1)NCc1cccnc1. The molecule has 1 aromatic carbocycles. The van der Waals surface area contributed by atoms with Crippen molar-refractivity contribution in [2.75, 3.05) is 13.1 Å². The second-order valence-electron chi connectivity index (χ2n) is 7.22. The molecule has 160 valence electrons. The third-order valence-electron chi connectivity index (χ3n) is 4.94. The van der Waals surface area contributed by atoms with Crippen molar-refractivity contribution >= 4 is 21.8 Å². The van der Waals surface area contributed by atoms with Gasteiger partial charge in [0.15, 0.2) is 0 Å². The van der Waals surface area contributed by atoms with Crippen LogP contribution in [-0.4, -0.2) is 48.7 Å². The molecule has 30 heavy (non-hydrogen) atoms. The predicted octanol–water partition coefficient (Wildman–Crippen LogP) is 1.20. The summed E-state index contributed by atoms with van der Waals surface area (Å²) in [5.74, 6) is -0.937. The van der Waals surface area contributed by atoms with Crippen LogP contribution < -0.4 is 10.6 Å². The van der Waals surface area contributed by atoms with Gasteiger partial charge in [-0.15, -0.1) is 0 Å². The number of sulfonamides is 1. The molecule has 2 aromatic rings. The molecule has 1 aliphatic heterocycles.